The van der Waals surface area contributed by atoms with Crippen molar-refractivity contribution in [2.24, 2.45) is 0 Å². The number of aromatic amines is 1. The number of nitrogens with one attached hydrogen (secondary N) is 2. The number of morpholine rings is 1. The van der Waals surface area contributed by atoms with Crippen molar-refractivity contribution in [2.75, 3.05) is 36.5 Å². The third-order valence-electron chi connectivity index (χ3n) is 5.87. The summed E-state index contributed by atoms with van der Waals surface area (Å²) < 4.78 is 11.8. The molecular weight excluding hydrogens is 430 g/mol. The van der Waals surface area contributed by atoms with Crippen molar-refractivity contribution in [3.63, 3.8) is 0 Å². The van der Waals surface area contributed by atoms with E-state index in [1.54, 1.807) is 12.4 Å². The van der Waals surface area contributed by atoms with Gasteiger partial charge in [0.05, 0.1) is 18.9 Å². The molecule has 9 heteroatoms. The van der Waals surface area contributed by atoms with Crippen molar-refractivity contribution in [1.29, 1.82) is 0 Å². The fourth-order valence-electron chi connectivity index (χ4n) is 4.12. The van der Waals surface area contributed by atoms with Gasteiger partial charge in [-0.15, -0.1) is 0 Å². The molecule has 6 rings (SSSR count). The highest BCUT2D eigenvalue weighted by Gasteiger charge is 2.22. The van der Waals surface area contributed by atoms with E-state index in [9.17, 15) is 0 Å². The fraction of sp³-hybridized carbons (Fsp3) is 0.200. The highest BCUT2D eigenvalue weighted by molar-refractivity contribution is 5.89. The average molecular weight is 454 g/mol. The molecule has 1 saturated heterocycles. The minimum atomic E-state index is 0.469. The van der Waals surface area contributed by atoms with Gasteiger partial charge in [-0.25, -0.2) is 4.98 Å². The molecule has 0 spiro atoms. The maximum atomic E-state index is 6.24. The lowest BCUT2D eigenvalue weighted by Crippen LogP contribution is -2.37. The van der Waals surface area contributed by atoms with Crippen molar-refractivity contribution in [3.05, 3.63) is 66.5 Å². The lowest BCUT2D eigenvalue weighted by Gasteiger charge is -2.27. The zero-order chi connectivity index (χ0) is 22.9. The standard InChI is InChI=1S/C25H23N7O2/c1-16-4-2-3-5-18(16)19-15-22(31-30-19)28-25-27-20-14-21(17-6-8-26-9-7-17)34-23(20)24(29-25)32-10-12-33-13-11-32/h2-9,14-15H,10-13H2,1H3,(H2,27,28,29,30,31). The number of furan rings is 1. The molecule has 2 N–H and O–H groups in total. The predicted octanol–water partition coefficient (Wildman–Crippen LogP) is 4.56. The fourth-order valence-corrected chi connectivity index (χ4v) is 4.12. The van der Waals surface area contributed by atoms with Crippen LogP contribution in [0.2, 0.25) is 0 Å². The molecule has 1 aromatic carbocycles. The summed E-state index contributed by atoms with van der Waals surface area (Å²) in [5.41, 5.74) is 5.42. The van der Waals surface area contributed by atoms with Crippen LogP contribution in [-0.4, -0.2) is 51.5 Å². The van der Waals surface area contributed by atoms with E-state index in [4.69, 9.17) is 19.1 Å². The number of hydrogen-bond acceptors (Lipinski definition) is 8. The molecule has 34 heavy (non-hydrogen) atoms. The molecule has 9 nitrogen and oxygen atoms in total. The van der Waals surface area contributed by atoms with Crippen LogP contribution >= 0.6 is 0 Å². The van der Waals surface area contributed by atoms with Crippen molar-refractivity contribution < 1.29 is 9.15 Å². The molecule has 0 radical (unpaired) electrons. The van der Waals surface area contributed by atoms with Crippen molar-refractivity contribution in [3.8, 4) is 22.6 Å². The average Bonchev–Trinajstić information content (AvgIpc) is 3.52. The minimum absolute atomic E-state index is 0.469. The third kappa shape index (κ3) is 3.86. The number of hydrogen-bond donors (Lipinski definition) is 2. The Labute approximate surface area is 195 Å². The van der Waals surface area contributed by atoms with E-state index >= 15 is 0 Å². The number of aryl methyl sites for hydroxylation is 1. The van der Waals surface area contributed by atoms with Gasteiger partial charge in [-0.3, -0.25) is 10.1 Å². The van der Waals surface area contributed by atoms with Crippen LogP contribution in [0.15, 0.2) is 65.3 Å². The van der Waals surface area contributed by atoms with E-state index in [0.29, 0.717) is 30.6 Å². The number of H-pyrrole nitrogens is 1. The molecule has 4 aromatic heterocycles. The molecular formula is C25H23N7O2. The smallest absolute Gasteiger partial charge is 0.231 e. The predicted molar refractivity (Wildman–Crippen MR) is 130 cm³/mol. The quantitative estimate of drug-likeness (QED) is 0.399. The molecule has 0 saturated carbocycles. The third-order valence-corrected chi connectivity index (χ3v) is 5.87. The molecule has 1 aliphatic heterocycles. The van der Waals surface area contributed by atoms with Gasteiger partial charge in [0, 0.05) is 48.7 Å². The number of rotatable bonds is 5. The van der Waals surface area contributed by atoms with Crippen LogP contribution in [0.5, 0.6) is 0 Å². The lowest BCUT2D eigenvalue weighted by atomic mass is 10.1. The maximum Gasteiger partial charge on any atom is 0.231 e. The summed E-state index contributed by atoms with van der Waals surface area (Å²) >= 11 is 0. The normalized spacial score (nSPS) is 14.0. The highest BCUT2D eigenvalue weighted by Crippen LogP contribution is 2.34. The summed E-state index contributed by atoms with van der Waals surface area (Å²) in [6, 6.07) is 15.9. The van der Waals surface area contributed by atoms with Gasteiger partial charge in [0.15, 0.2) is 11.4 Å². The van der Waals surface area contributed by atoms with Crippen LogP contribution in [0.25, 0.3) is 33.7 Å². The summed E-state index contributed by atoms with van der Waals surface area (Å²) in [6.07, 6.45) is 3.49. The summed E-state index contributed by atoms with van der Waals surface area (Å²) in [5, 5.41) is 10.8. The summed E-state index contributed by atoms with van der Waals surface area (Å²) in [6.45, 7) is 4.83. The SMILES string of the molecule is Cc1ccccc1-c1cc(Nc2nc(N3CCOCC3)c3oc(-c4ccncc4)cc3n2)[nH]n1. The molecule has 5 heterocycles. The number of benzene rings is 1. The second-order valence-electron chi connectivity index (χ2n) is 8.14. The van der Waals surface area contributed by atoms with Gasteiger partial charge in [-0.05, 0) is 24.6 Å². The first-order chi connectivity index (χ1) is 16.7. The highest BCUT2D eigenvalue weighted by atomic mass is 16.5. The molecule has 1 aliphatic rings. The Morgan fingerprint density at radius 1 is 1.00 bits per heavy atom. The van der Waals surface area contributed by atoms with Crippen LogP contribution in [0, 0.1) is 6.92 Å². The first-order valence-electron chi connectivity index (χ1n) is 11.2. The topological polar surface area (TPSA) is 105 Å². The van der Waals surface area contributed by atoms with Crippen LogP contribution in [0.3, 0.4) is 0 Å². The Morgan fingerprint density at radius 3 is 2.65 bits per heavy atom. The Bertz CT molecular complexity index is 1440. The van der Waals surface area contributed by atoms with E-state index in [2.05, 4.69) is 44.5 Å². The zero-order valence-electron chi connectivity index (χ0n) is 18.7. The first kappa shape index (κ1) is 20.4. The van der Waals surface area contributed by atoms with Gasteiger partial charge >= 0.3 is 0 Å². The summed E-state index contributed by atoms with van der Waals surface area (Å²) in [4.78, 5) is 15.8. The second kappa shape index (κ2) is 8.60. The molecule has 0 bridgehead atoms. The Morgan fingerprint density at radius 2 is 1.82 bits per heavy atom. The molecule has 0 atom stereocenters. The van der Waals surface area contributed by atoms with Gasteiger partial charge in [0.2, 0.25) is 5.95 Å². The minimum Gasteiger partial charge on any atom is -0.450 e. The van der Waals surface area contributed by atoms with E-state index < -0.39 is 0 Å². The van der Waals surface area contributed by atoms with E-state index in [0.717, 1.165) is 52.6 Å². The van der Waals surface area contributed by atoms with Crippen molar-refractivity contribution in [2.45, 2.75) is 6.92 Å². The van der Waals surface area contributed by atoms with E-state index in [1.807, 2.05) is 36.4 Å². The Hall–Kier alpha value is -4.24. The van der Waals surface area contributed by atoms with E-state index in [-0.39, 0.29) is 0 Å². The van der Waals surface area contributed by atoms with Crippen LogP contribution in [-0.2, 0) is 4.74 Å². The Balaban J connectivity index is 1.38. The lowest BCUT2D eigenvalue weighted by molar-refractivity contribution is 0.122. The van der Waals surface area contributed by atoms with Crippen molar-refractivity contribution in [1.82, 2.24) is 25.1 Å². The molecule has 5 aromatic rings. The van der Waals surface area contributed by atoms with Crippen LogP contribution in [0.1, 0.15) is 5.56 Å². The van der Waals surface area contributed by atoms with Gasteiger partial charge in [-0.1, -0.05) is 24.3 Å². The molecule has 0 aliphatic carbocycles. The second-order valence-corrected chi connectivity index (χ2v) is 8.14. The number of anilines is 3. The number of nitrogens with zero attached hydrogens (tertiary/aromatic N) is 5. The molecule has 0 unspecified atom stereocenters. The molecule has 170 valence electrons. The van der Waals surface area contributed by atoms with Gasteiger partial charge in [0.25, 0.3) is 0 Å². The van der Waals surface area contributed by atoms with Crippen LogP contribution in [0.4, 0.5) is 17.6 Å². The number of pyridine rings is 1. The van der Waals surface area contributed by atoms with E-state index in [1.165, 1.54) is 0 Å². The number of ether oxygens (including phenoxy) is 1. The number of fused-ring (bicyclic) bond motifs is 1. The first-order valence-corrected chi connectivity index (χ1v) is 11.2. The summed E-state index contributed by atoms with van der Waals surface area (Å²) in [7, 11) is 0. The number of aromatic nitrogens is 5. The maximum absolute atomic E-state index is 6.24. The van der Waals surface area contributed by atoms with Crippen LogP contribution < -0.4 is 10.2 Å². The Kier molecular flexibility index (Phi) is 5.15. The van der Waals surface area contributed by atoms with Crippen molar-refractivity contribution >= 4 is 28.7 Å². The largest absolute Gasteiger partial charge is 0.450 e. The summed E-state index contributed by atoms with van der Waals surface area (Å²) in [5.74, 6) is 2.65. The zero-order valence-corrected chi connectivity index (χ0v) is 18.7. The van der Waals surface area contributed by atoms with Gasteiger partial charge in [0.1, 0.15) is 17.1 Å². The monoisotopic (exact) mass is 453 g/mol. The van der Waals surface area contributed by atoms with Gasteiger partial charge in [-0.2, -0.15) is 10.1 Å². The molecule has 1 fully saturated rings. The molecule has 0 amide bonds. The van der Waals surface area contributed by atoms with Gasteiger partial charge < -0.3 is 19.4 Å².